The Morgan fingerprint density at radius 3 is 2.70 bits per heavy atom. The summed E-state index contributed by atoms with van der Waals surface area (Å²) in [7, 11) is 0. The maximum atomic E-state index is 12.5. The number of nitrogens with one attached hydrogen (secondary N) is 2. The molecule has 0 unspecified atom stereocenters. The van der Waals surface area contributed by atoms with Crippen LogP contribution in [0.1, 0.15) is 36.3 Å². The van der Waals surface area contributed by atoms with Gasteiger partial charge in [0.2, 0.25) is 5.91 Å². The normalized spacial score (nSPS) is 17.8. The highest BCUT2D eigenvalue weighted by molar-refractivity contribution is 8.00. The third-order valence-corrected chi connectivity index (χ3v) is 5.44. The molecule has 2 N–H and O–H groups in total. The van der Waals surface area contributed by atoms with E-state index in [0.29, 0.717) is 21.4 Å². The predicted octanol–water partition coefficient (Wildman–Crippen LogP) is 3.84. The van der Waals surface area contributed by atoms with E-state index < -0.39 is 0 Å². The van der Waals surface area contributed by atoms with E-state index in [1.165, 1.54) is 11.8 Å². The quantitative estimate of drug-likeness (QED) is 0.842. The van der Waals surface area contributed by atoms with Crippen LogP contribution in [-0.4, -0.2) is 21.4 Å². The molecule has 2 aromatic rings. The number of fused-ring (bicyclic) bond motifs is 1. The van der Waals surface area contributed by atoms with Crippen molar-refractivity contribution in [2.75, 3.05) is 11.1 Å². The second-order valence-corrected chi connectivity index (χ2v) is 7.51. The number of carbonyl (C=O) groups excluding carboxylic acids is 1. The van der Waals surface area contributed by atoms with Crippen LogP contribution in [0.3, 0.4) is 0 Å². The molecule has 0 radical (unpaired) electrons. The minimum absolute atomic E-state index is 0.0104. The number of thioether (sulfide) groups is 1. The SMILES string of the molecule is CC(C)n1[nH]c(=O)c2c1NC(=O)CS[C@@H]2c1ccc(Cl)cc1Cl. The minimum Gasteiger partial charge on any atom is -0.310 e. The highest BCUT2D eigenvalue weighted by Crippen LogP contribution is 2.43. The Kier molecular flexibility index (Phi) is 4.49. The van der Waals surface area contributed by atoms with Gasteiger partial charge in [-0.1, -0.05) is 29.3 Å². The lowest BCUT2D eigenvalue weighted by atomic mass is 10.1. The number of amides is 1. The van der Waals surface area contributed by atoms with Crippen molar-refractivity contribution < 1.29 is 4.79 Å². The van der Waals surface area contributed by atoms with E-state index in [2.05, 4.69) is 10.4 Å². The van der Waals surface area contributed by atoms with E-state index in [0.717, 1.165) is 5.56 Å². The highest BCUT2D eigenvalue weighted by Gasteiger charge is 2.31. The average molecular weight is 372 g/mol. The van der Waals surface area contributed by atoms with Crippen molar-refractivity contribution in [2.45, 2.75) is 25.1 Å². The molecule has 0 aliphatic carbocycles. The van der Waals surface area contributed by atoms with Crippen LogP contribution in [-0.2, 0) is 4.79 Å². The van der Waals surface area contributed by atoms with Crippen LogP contribution in [0.25, 0.3) is 0 Å². The van der Waals surface area contributed by atoms with E-state index in [-0.39, 0.29) is 28.5 Å². The first-order valence-corrected chi connectivity index (χ1v) is 8.89. The van der Waals surface area contributed by atoms with Crippen LogP contribution in [0.2, 0.25) is 10.0 Å². The lowest BCUT2D eigenvalue weighted by Crippen LogP contribution is -2.17. The van der Waals surface area contributed by atoms with Gasteiger partial charge in [0.25, 0.3) is 5.56 Å². The largest absolute Gasteiger partial charge is 0.310 e. The Labute approximate surface area is 147 Å². The van der Waals surface area contributed by atoms with Crippen LogP contribution in [0.4, 0.5) is 5.82 Å². The molecule has 1 aliphatic heterocycles. The average Bonchev–Trinajstić information content (AvgIpc) is 2.68. The summed E-state index contributed by atoms with van der Waals surface area (Å²) < 4.78 is 1.68. The van der Waals surface area contributed by atoms with Crippen molar-refractivity contribution in [3.8, 4) is 0 Å². The lowest BCUT2D eigenvalue weighted by Gasteiger charge is -2.16. The van der Waals surface area contributed by atoms with Crippen molar-refractivity contribution in [3.05, 3.63) is 49.7 Å². The number of anilines is 1. The van der Waals surface area contributed by atoms with Gasteiger partial charge in [0.15, 0.2) is 0 Å². The van der Waals surface area contributed by atoms with Gasteiger partial charge in [-0.15, -0.1) is 11.8 Å². The zero-order chi connectivity index (χ0) is 16.7. The molecular formula is C15H15Cl2N3O2S. The highest BCUT2D eigenvalue weighted by atomic mass is 35.5. The maximum Gasteiger partial charge on any atom is 0.270 e. The number of benzene rings is 1. The first-order chi connectivity index (χ1) is 10.9. The first-order valence-electron chi connectivity index (χ1n) is 7.09. The number of aromatic amines is 1. The molecule has 0 saturated heterocycles. The second kappa shape index (κ2) is 6.26. The number of nitrogens with zero attached hydrogens (tertiary/aromatic N) is 1. The van der Waals surface area contributed by atoms with E-state index in [1.54, 1.807) is 22.9 Å². The number of carbonyl (C=O) groups is 1. The molecule has 0 saturated carbocycles. The third-order valence-electron chi connectivity index (χ3n) is 3.63. The van der Waals surface area contributed by atoms with Crippen LogP contribution in [0.15, 0.2) is 23.0 Å². The fourth-order valence-corrected chi connectivity index (χ4v) is 4.33. The van der Waals surface area contributed by atoms with Gasteiger partial charge < -0.3 is 5.32 Å². The molecule has 0 spiro atoms. The van der Waals surface area contributed by atoms with Crippen LogP contribution < -0.4 is 10.9 Å². The van der Waals surface area contributed by atoms with Crippen molar-refractivity contribution in [3.63, 3.8) is 0 Å². The summed E-state index contributed by atoms with van der Waals surface area (Å²) >= 11 is 13.7. The zero-order valence-corrected chi connectivity index (χ0v) is 14.9. The molecule has 1 aromatic heterocycles. The molecule has 1 amide bonds. The van der Waals surface area contributed by atoms with Gasteiger partial charge in [0.1, 0.15) is 5.82 Å². The number of hydrogen-bond acceptors (Lipinski definition) is 3. The summed E-state index contributed by atoms with van der Waals surface area (Å²) in [6.45, 7) is 3.87. The smallest absolute Gasteiger partial charge is 0.270 e. The third kappa shape index (κ3) is 3.03. The monoisotopic (exact) mass is 371 g/mol. The van der Waals surface area contributed by atoms with Gasteiger partial charge in [-0.25, -0.2) is 0 Å². The van der Waals surface area contributed by atoms with Crippen molar-refractivity contribution in [2.24, 2.45) is 0 Å². The predicted molar refractivity (Wildman–Crippen MR) is 94.8 cm³/mol. The van der Waals surface area contributed by atoms with Crippen molar-refractivity contribution >= 4 is 46.7 Å². The molecule has 5 nitrogen and oxygen atoms in total. The Morgan fingerprint density at radius 2 is 2.04 bits per heavy atom. The van der Waals surface area contributed by atoms with Crippen molar-refractivity contribution in [1.82, 2.24) is 9.78 Å². The minimum atomic E-state index is -0.336. The summed E-state index contributed by atoms with van der Waals surface area (Å²) in [5.74, 6) is 0.615. The molecule has 1 atom stereocenters. The molecule has 0 fully saturated rings. The number of H-pyrrole nitrogens is 1. The maximum absolute atomic E-state index is 12.5. The van der Waals surface area contributed by atoms with Crippen LogP contribution >= 0.6 is 35.0 Å². The summed E-state index contributed by atoms with van der Waals surface area (Å²) in [4.78, 5) is 24.5. The van der Waals surface area contributed by atoms with Gasteiger partial charge >= 0.3 is 0 Å². The zero-order valence-electron chi connectivity index (χ0n) is 12.5. The van der Waals surface area contributed by atoms with Gasteiger partial charge in [0, 0.05) is 16.1 Å². The molecule has 3 rings (SSSR count). The molecule has 23 heavy (non-hydrogen) atoms. The Morgan fingerprint density at radius 1 is 1.30 bits per heavy atom. The first kappa shape index (κ1) is 16.5. The van der Waals surface area contributed by atoms with E-state index in [9.17, 15) is 9.59 Å². The molecule has 1 aromatic carbocycles. The molecule has 0 bridgehead atoms. The molecule has 122 valence electrons. The van der Waals surface area contributed by atoms with Crippen molar-refractivity contribution in [1.29, 1.82) is 0 Å². The number of aromatic nitrogens is 2. The summed E-state index contributed by atoms with van der Waals surface area (Å²) in [6, 6.07) is 5.19. The number of hydrogen-bond donors (Lipinski definition) is 2. The molecule has 1 aliphatic rings. The Bertz CT molecular complexity index is 829. The number of rotatable bonds is 2. The fraction of sp³-hybridized carbons (Fsp3) is 0.333. The summed E-state index contributed by atoms with van der Waals surface area (Å²) in [5, 5.41) is 6.30. The van der Waals surface area contributed by atoms with Gasteiger partial charge in [-0.05, 0) is 31.5 Å². The standard InChI is InChI=1S/C15H15Cl2N3O2S/c1-7(2)20-14-12(15(22)19-20)13(23-6-11(21)18-14)9-4-3-8(16)5-10(9)17/h3-5,7,13H,6H2,1-2H3,(H,18,21)(H,19,22)/t13-/m1/s1. The Balaban J connectivity index is 2.21. The summed E-state index contributed by atoms with van der Waals surface area (Å²) in [6.07, 6.45) is 0. The van der Waals surface area contributed by atoms with E-state index in [1.807, 2.05) is 13.8 Å². The Hall–Kier alpha value is -1.37. The van der Waals surface area contributed by atoms with Gasteiger partial charge in [-0.2, -0.15) is 0 Å². The second-order valence-electron chi connectivity index (χ2n) is 5.57. The molecular weight excluding hydrogens is 357 g/mol. The van der Waals surface area contributed by atoms with E-state index >= 15 is 0 Å². The van der Waals surface area contributed by atoms with E-state index in [4.69, 9.17) is 23.2 Å². The topological polar surface area (TPSA) is 66.9 Å². The van der Waals surface area contributed by atoms with Crippen LogP contribution in [0, 0.1) is 0 Å². The van der Waals surface area contributed by atoms with Gasteiger partial charge in [-0.3, -0.25) is 19.4 Å². The lowest BCUT2D eigenvalue weighted by molar-refractivity contribution is -0.113. The molecule has 8 heteroatoms. The molecule has 2 heterocycles. The summed E-state index contributed by atoms with van der Waals surface area (Å²) in [5.41, 5.74) is 1.06. The van der Waals surface area contributed by atoms with Gasteiger partial charge in [0.05, 0.1) is 16.6 Å². The fourth-order valence-electron chi connectivity index (χ4n) is 2.59. The van der Waals surface area contributed by atoms with Crippen LogP contribution in [0.5, 0.6) is 0 Å². The number of halogens is 2.